The Balaban J connectivity index is 1.58. The summed E-state index contributed by atoms with van der Waals surface area (Å²) >= 11 is 0. The number of hydrogen-bond donors (Lipinski definition) is 1. The standard InChI is InChI=1S/C12H19N3/c1-15-3-2-11(14-15)7-12(13)10-5-8-4-9(8)6-10/h2-3,8-10,12H,4-7,13H2,1H3. The Morgan fingerprint density at radius 1 is 1.47 bits per heavy atom. The smallest absolute Gasteiger partial charge is 0.0640 e. The van der Waals surface area contributed by atoms with E-state index < -0.39 is 0 Å². The molecular weight excluding hydrogens is 186 g/mol. The molecule has 0 aliphatic heterocycles. The first-order valence-electron chi connectivity index (χ1n) is 5.96. The largest absolute Gasteiger partial charge is 0.327 e. The highest BCUT2D eigenvalue weighted by Gasteiger charge is 2.47. The van der Waals surface area contributed by atoms with Gasteiger partial charge in [-0.15, -0.1) is 0 Å². The second-order valence-electron chi connectivity index (χ2n) is 5.34. The molecule has 3 heteroatoms. The van der Waals surface area contributed by atoms with Crippen LogP contribution in [0.4, 0.5) is 0 Å². The summed E-state index contributed by atoms with van der Waals surface area (Å²) in [6.07, 6.45) is 7.17. The van der Waals surface area contributed by atoms with E-state index in [2.05, 4.69) is 11.2 Å². The first-order valence-corrected chi connectivity index (χ1v) is 5.96. The van der Waals surface area contributed by atoms with Crippen molar-refractivity contribution in [3.8, 4) is 0 Å². The molecule has 3 atom stereocenters. The van der Waals surface area contributed by atoms with Crippen LogP contribution in [0.3, 0.4) is 0 Å². The van der Waals surface area contributed by atoms with E-state index >= 15 is 0 Å². The van der Waals surface area contributed by atoms with E-state index in [0.29, 0.717) is 6.04 Å². The Bertz CT molecular complexity index is 348. The molecule has 2 fully saturated rings. The van der Waals surface area contributed by atoms with E-state index in [1.165, 1.54) is 19.3 Å². The van der Waals surface area contributed by atoms with Gasteiger partial charge in [0, 0.05) is 25.7 Å². The fourth-order valence-corrected chi connectivity index (χ4v) is 3.09. The lowest BCUT2D eigenvalue weighted by atomic mass is 9.92. The maximum atomic E-state index is 6.25. The van der Waals surface area contributed by atoms with Gasteiger partial charge in [-0.1, -0.05) is 0 Å². The first-order chi connectivity index (χ1) is 7.22. The Kier molecular flexibility index (Phi) is 2.09. The van der Waals surface area contributed by atoms with Crippen molar-refractivity contribution >= 4 is 0 Å². The molecule has 2 aliphatic carbocycles. The van der Waals surface area contributed by atoms with E-state index in [1.807, 2.05) is 17.9 Å². The van der Waals surface area contributed by atoms with E-state index in [9.17, 15) is 0 Å². The molecule has 0 amide bonds. The molecule has 0 saturated heterocycles. The Labute approximate surface area is 90.7 Å². The second kappa shape index (κ2) is 3.34. The third-order valence-electron chi connectivity index (χ3n) is 4.10. The summed E-state index contributed by atoms with van der Waals surface area (Å²) < 4.78 is 1.86. The highest BCUT2D eigenvalue weighted by Crippen LogP contribution is 2.55. The molecular formula is C12H19N3. The molecule has 1 heterocycles. The van der Waals surface area contributed by atoms with Gasteiger partial charge in [-0.05, 0) is 43.1 Å². The van der Waals surface area contributed by atoms with Gasteiger partial charge in [0.2, 0.25) is 0 Å². The molecule has 82 valence electrons. The van der Waals surface area contributed by atoms with Crippen LogP contribution in [0.5, 0.6) is 0 Å². The molecule has 0 spiro atoms. The number of hydrogen-bond acceptors (Lipinski definition) is 2. The molecule has 2 aliphatic rings. The topological polar surface area (TPSA) is 43.8 Å². The minimum Gasteiger partial charge on any atom is -0.327 e. The van der Waals surface area contributed by atoms with Crippen molar-refractivity contribution in [3.05, 3.63) is 18.0 Å². The highest BCUT2D eigenvalue weighted by atomic mass is 15.2. The maximum Gasteiger partial charge on any atom is 0.0640 e. The molecule has 1 aromatic rings. The lowest BCUT2D eigenvalue weighted by molar-refractivity contribution is 0.389. The molecule has 0 radical (unpaired) electrons. The van der Waals surface area contributed by atoms with Gasteiger partial charge in [0.1, 0.15) is 0 Å². The Morgan fingerprint density at radius 2 is 2.20 bits per heavy atom. The lowest BCUT2D eigenvalue weighted by Crippen LogP contribution is -2.31. The third-order valence-corrected chi connectivity index (χ3v) is 4.10. The van der Waals surface area contributed by atoms with Crippen molar-refractivity contribution in [2.45, 2.75) is 31.7 Å². The average molecular weight is 205 g/mol. The van der Waals surface area contributed by atoms with Crippen LogP contribution in [0.2, 0.25) is 0 Å². The summed E-state index contributed by atoms with van der Waals surface area (Å²) in [4.78, 5) is 0. The predicted molar refractivity (Wildman–Crippen MR) is 59.2 cm³/mol. The van der Waals surface area contributed by atoms with Crippen LogP contribution in [-0.2, 0) is 13.5 Å². The summed E-state index contributed by atoms with van der Waals surface area (Å²) in [6, 6.07) is 2.41. The molecule has 3 rings (SSSR count). The number of aryl methyl sites for hydroxylation is 1. The normalized spacial score (nSPS) is 35.2. The molecule has 2 N–H and O–H groups in total. The average Bonchev–Trinajstić information content (AvgIpc) is 2.61. The van der Waals surface area contributed by atoms with Gasteiger partial charge in [-0.2, -0.15) is 5.10 Å². The monoisotopic (exact) mass is 205 g/mol. The Hall–Kier alpha value is -0.830. The van der Waals surface area contributed by atoms with Crippen LogP contribution in [0.1, 0.15) is 25.0 Å². The van der Waals surface area contributed by atoms with Crippen LogP contribution in [-0.4, -0.2) is 15.8 Å². The minimum atomic E-state index is 0.327. The quantitative estimate of drug-likeness (QED) is 0.809. The lowest BCUT2D eigenvalue weighted by Gasteiger charge is -2.19. The summed E-state index contributed by atoms with van der Waals surface area (Å²) in [5.41, 5.74) is 7.40. The summed E-state index contributed by atoms with van der Waals surface area (Å²) in [6.45, 7) is 0. The number of aromatic nitrogens is 2. The van der Waals surface area contributed by atoms with E-state index in [1.54, 1.807) is 0 Å². The van der Waals surface area contributed by atoms with Gasteiger partial charge in [0.15, 0.2) is 0 Å². The van der Waals surface area contributed by atoms with Crippen LogP contribution >= 0.6 is 0 Å². The predicted octanol–water partition coefficient (Wildman–Crippen LogP) is 1.34. The zero-order chi connectivity index (χ0) is 10.4. The van der Waals surface area contributed by atoms with E-state index in [-0.39, 0.29) is 0 Å². The van der Waals surface area contributed by atoms with Gasteiger partial charge in [-0.25, -0.2) is 0 Å². The second-order valence-corrected chi connectivity index (χ2v) is 5.34. The van der Waals surface area contributed by atoms with Gasteiger partial charge >= 0.3 is 0 Å². The number of fused-ring (bicyclic) bond motifs is 1. The van der Waals surface area contributed by atoms with Crippen LogP contribution in [0, 0.1) is 17.8 Å². The molecule has 0 bridgehead atoms. The van der Waals surface area contributed by atoms with Crippen molar-refractivity contribution in [2.75, 3.05) is 0 Å². The summed E-state index contributed by atoms with van der Waals surface area (Å²) in [5.74, 6) is 2.82. The van der Waals surface area contributed by atoms with Crippen molar-refractivity contribution in [3.63, 3.8) is 0 Å². The fraction of sp³-hybridized carbons (Fsp3) is 0.750. The first kappa shape index (κ1) is 9.40. The van der Waals surface area contributed by atoms with Gasteiger partial charge in [-0.3, -0.25) is 4.68 Å². The zero-order valence-corrected chi connectivity index (χ0v) is 9.26. The molecule has 3 nitrogen and oxygen atoms in total. The SMILES string of the molecule is Cn1ccc(CC(N)C2CC3CC3C2)n1. The zero-order valence-electron chi connectivity index (χ0n) is 9.26. The van der Waals surface area contributed by atoms with Crippen LogP contribution in [0.25, 0.3) is 0 Å². The van der Waals surface area contributed by atoms with Gasteiger partial charge in [0.05, 0.1) is 5.69 Å². The molecule has 15 heavy (non-hydrogen) atoms. The van der Waals surface area contributed by atoms with Crippen molar-refractivity contribution < 1.29 is 0 Å². The van der Waals surface area contributed by atoms with Crippen molar-refractivity contribution in [1.29, 1.82) is 0 Å². The van der Waals surface area contributed by atoms with E-state index in [0.717, 1.165) is 29.9 Å². The molecule has 2 saturated carbocycles. The van der Waals surface area contributed by atoms with Gasteiger partial charge < -0.3 is 5.73 Å². The minimum absolute atomic E-state index is 0.327. The maximum absolute atomic E-state index is 6.25. The number of nitrogens with two attached hydrogens (primary N) is 1. The third kappa shape index (κ3) is 1.81. The van der Waals surface area contributed by atoms with Gasteiger partial charge in [0.25, 0.3) is 0 Å². The highest BCUT2D eigenvalue weighted by molar-refractivity contribution is 5.05. The van der Waals surface area contributed by atoms with E-state index in [4.69, 9.17) is 5.73 Å². The van der Waals surface area contributed by atoms with Crippen LogP contribution < -0.4 is 5.73 Å². The number of nitrogens with zero attached hydrogens (tertiary/aromatic N) is 2. The number of rotatable bonds is 3. The van der Waals surface area contributed by atoms with Crippen molar-refractivity contribution in [2.24, 2.45) is 30.5 Å². The molecule has 1 aromatic heterocycles. The molecule has 3 unspecified atom stereocenters. The molecule has 0 aromatic carbocycles. The summed E-state index contributed by atoms with van der Waals surface area (Å²) in [7, 11) is 1.96. The van der Waals surface area contributed by atoms with Crippen molar-refractivity contribution in [1.82, 2.24) is 9.78 Å². The summed E-state index contributed by atoms with van der Waals surface area (Å²) in [5, 5.41) is 4.39. The fourth-order valence-electron chi connectivity index (χ4n) is 3.09. The van der Waals surface area contributed by atoms with Crippen LogP contribution in [0.15, 0.2) is 12.3 Å². The Morgan fingerprint density at radius 3 is 2.80 bits per heavy atom.